The first kappa shape index (κ1) is 16.6. The Morgan fingerprint density at radius 2 is 2.00 bits per heavy atom. The molecule has 0 fully saturated rings. The number of hydrogen-bond donors (Lipinski definition) is 3. The Morgan fingerprint density at radius 1 is 1.17 bits per heavy atom. The number of amides is 1. The Kier molecular flexibility index (Phi) is 5.23. The van der Waals surface area contributed by atoms with Gasteiger partial charge in [-0.25, -0.2) is 4.98 Å². The van der Waals surface area contributed by atoms with Gasteiger partial charge in [0.1, 0.15) is 5.82 Å². The molecule has 2 aromatic carbocycles. The summed E-state index contributed by atoms with van der Waals surface area (Å²) in [6, 6.07) is 12.9. The van der Waals surface area contributed by atoms with Crippen LogP contribution in [0.4, 0.5) is 5.69 Å². The number of aromatic nitrogens is 2. The van der Waals surface area contributed by atoms with Crippen molar-refractivity contribution in [3.63, 3.8) is 0 Å². The van der Waals surface area contributed by atoms with Gasteiger partial charge in [-0.05, 0) is 30.3 Å². The van der Waals surface area contributed by atoms with Crippen LogP contribution in [0.3, 0.4) is 0 Å². The highest BCUT2D eigenvalue weighted by atomic mass is 35.5. The lowest BCUT2D eigenvalue weighted by atomic mass is 10.3. The molecule has 3 aromatic rings. The second kappa shape index (κ2) is 7.55. The van der Waals surface area contributed by atoms with Crippen LogP contribution in [0.1, 0.15) is 12.2 Å². The van der Waals surface area contributed by atoms with E-state index in [1.54, 1.807) is 18.2 Å². The predicted octanol–water partition coefficient (Wildman–Crippen LogP) is 3.99. The maximum Gasteiger partial charge on any atom is 0.222 e. The van der Waals surface area contributed by atoms with Crippen molar-refractivity contribution in [2.75, 3.05) is 11.9 Å². The molecule has 5 nitrogen and oxygen atoms in total. The number of carbonyl (C=O) groups is 1. The van der Waals surface area contributed by atoms with Crippen LogP contribution in [0.5, 0.6) is 0 Å². The van der Waals surface area contributed by atoms with Crippen LogP contribution in [0, 0.1) is 0 Å². The van der Waals surface area contributed by atoms with Gasteiger partial charge < -0.3 is 15.6 Å². The van der Waals surface area contributed by atoms with E-state index in [1.165, 1.54) is 0 Å². The quantitative estimate of drug-likeness (QED) is 0.620. The van der Waals surface area contributed by atoms with Gasteiger partial charge in [-0.1, -0.05) is 35.3 Å². The summed E-state index contributed by atoms with van der Waals surface area (Å²) in [6.07, 6.45) is 0.333. The van der Waals surface area contributed by atoms with Crippen LogP contribution < -0.4 is 10.6 Å². The van der Waals surface area contributed by atoms with Crippen LogP contribution in [-0.4, -0.2) is 22.4 Å². The fourth-order valence-electron chi connectivity index (χ4n) is 2.30. The van der Waals surface area contributed by atoms with Gasteiger partial charge in [0, 0.05) is 18.0 Å². The van der Waals surface area contributed by atoms with Gasteiger partial charge in [-0.15, -0.1) is 0 Å². The molecule has 3 rings (SSSR count). The molecule has 1 heterocycles. The first-order valence-electron chi connectivity index (χ1n) is 7.51. The predicted molar refractivity (Wildman–Crippen MR) is 97.5 cm³/mol. The Balaban J connectivity index is 1.45. The molecule has 124 valence electrons. The lowest BCUT2D eigenvalue weighted by Gasteiger charge is -2.08. The molecule has 0 radical (unpaired) electrons. The maximum absolute atomic E-state index is 11.9. The second-order valence-electron chi connectivity index (χ2n) is 5.28. The van der Waals surface area contributed by atoms with E-state index in [9.17, 15) is 4.79 Å². The molecule has 1 amide bonds. The summed E-state index contributed by atoms with van der Waals surface area (Å²) in [5, 5.41) is 7.07. The number of para-hydroxylation sites is 2. The van der Waals surface area contributed by atoms with E-state index in [-0.39, 0.29) is 5.91 Å². The van der Waals surface area contributed by atoms with Gasteiger partial charge in [0.25, 0.3) is 0 Å². The fraction of sp³-hybridized carbons (Fsp3) is 0.176. The highest BCUT2D eigenvalue weighted by Gasteiger charge is 2.06. The van der Waals surface area contributed by atoms with Crippen molar-refractivity contribution in [3.8, 4) is 0 Å². The summed E-state index contributed by atoms with van der Waals surface area (Å²) < 4.78 is 0. The number of hydrogen-bond acceptors (Lipinski definition) is 3. The van der Waals surface area contributed by atoms with E-state index in [1.807, 2.05) is 24.3 Å². The third kappa shape index (κ3) is 4.19. The molecule has 0 aliphatic heterocycles. The van der Waals surface area contributed by atoms with Gasteiger partial charge in [0.2, 0.25) is 5.91 Å². The zero-order chi connectivity index (χ0) is 16.9. The van der Waals surface area contributed by atoms with Gasteiger partial charge in [0.15, 0.2) is 0 Å². The number of H-pyrrole nitrogens is 1. The first-order valence-corrected chi connectivity index (χ1v) is 8.26. The molecule has 0 aliphatic rings. The van der Waals surface area contributed by atoms with Gasteiger partial charge in [-0.2, -0.15) is 0 Å². The van der Waals surface area contributed by atoms with Crippen LogP contribution in [0.2, 0.25) is 10.0 Å². The minimum Gasteiger partial charge on any atom is -0.383 e. The van der Waals surface area contributed by atoms with E-state index < -0.39 is 0 Å². The third-order valence-electron chi connectivity index (χ3n) is 3.49. The van der Waals surface area contributed by atoms with Crippen molar-refractivity contribution in [2.45, 2.75) is 13.0 Å². The van der Waals surface area contributed by atoms with Gasteiger partial charge in [-0.3, -0.25) is 4.79 Å². The summed E-state index contributed by atoms with van der Waals surface area (Å²) in [6.45, 7) is 0.850. The number of aromatic amines is 1. The molecule has 0 saturated heterocycles. The van der Waals surface area contributed by atoms with E-state index in [0.717, 1.165) is 22.5 Å². The summed E-state index contributed by atoms with van der Waals surface area (Å²) in [5.41, 5.74) is 2.60. The average molecular weight is 363 g/mol. The summed E-state index contributed by atoms with van der Waals surface area (Å²) >= 11 is 11.9. The number of imidazole rings is 1. The van der Waals surface area contributed by atoms with Crippen LogP contribution in [-0.2, 0) is 11.3 Å². The van der Waals surface area contributed by atoms with E-state index in [0.29, 0.717) is 29.6 Å². The molecule has 0 unspecified atom stereocenters. The Bertz CT molecular complexity index is 830. The molecular formula is C17H16Cl2N4O. The van der Waals surface area contributed by atoms with Crippen molar-refractivity contribution in [3.05, 3.63) is 58.3 Å². The molecule has 24 heavy (non-hydrogen) atoms. The monoisotopic (exact) mass is 362 g/mol. The molecular weight excluding hydrogens is 347 g/mol. The number of halogens is 2. The number of anilines is 1. The van der Waals surface area contributed by atoms with E-state index in [4.69, 9.17) is 23.2 Å². The smallest absolute Gasteiger partial charge is 0.222 e. The van der Waals surface area contributed by atoms with Gasteiger partial charge in [0.05, 0.1) is 28.3 Å². The number of carbonyl (C=O) groups excluding carboxylic acids is 1. The highest BCUT2D eigenvalue weighted by Crippen LogP contribution is 2.25. The van der Waals surface area contributed by atoms with E-state index >= 15 is 0 Å². The number of rotatable bonds is 6. The van der Waals surface area contributed by atoms with Crippen LogP contribution in [0.15, 0.2) is 42.5 Å². The zero-order valence-corrected chi connectivity index (χ0v) is 14.3. The summed E-state index contributed by atoms with van der Waals surface area (Å²) in [4.78, 5) is 19.5. The standard InChI is InChI=1S/C17H16Cl2N4O/c18-11-5-6-13(12(19)9-11)20-8-7-17(24)21-10-16-22-14-3-1-2-4-15(14)23-16/h1-6,9,20H,7-8,10H2,(H,21,24)(H,22,23). The number of benzene rings is 2. The highest BCUT2D eigenvalue weighted by molar-refractivity contribution is 6.36. The maximum atomic E-state index is 11.9. The molecule has 3 N–H and O–H groups in total. The topological polar surface area (TPSA) is 69.8 Å². The molecule has 0 bridgehead atoms. The normalized spacial score (nSPS) is 10.8. The molecule has 0 atom stereocenters. The van der Waals surface area contributed by atoms with Crippen molar-refractivity contribution < 1.29 is 4.79 Å². The molecule has 0 aliphatic carbocycles. The summed E-state index contributed by atoms with van der Waals surface area (Å²) in [7, 11) is 0. The number of nitrogens with zero attached hydrogens (tertiary/aromatic N) is 1. The Hall–Kier alpha value is -2.24. The SMILES string of the molecule is O=C(CCNc1ccc(Cl)cc1Cl)NCc1nc2ccccc2[nH]1. The van der Waals surface area contributed by atoms with Crippen molar-refractivity contribution in [1.29, 1.82) is 0 Å². The Morgan fingerprint density at radius 3 is 2.79 bits per heavy atom. The van der Waals surface area contributed by atoms with Crippen molar-refractivity contribution in [2.24, 2.45) is 0 Å². The van der Waals surface area contributed by atoms with Crippen molar-refractivity contribution in [1.82, 2.24) is 15.3 Å². The van der Waals surface area contributed by atoms with Crippen LogP contribution >= 0.6 is 23.2 Å². The molecule has 0 spiro atoms. The molecule has 0 saturated carbocycles. The number of fused-ring (bicyclic) bond motifs is 1. The minimum atomic E-state index is -0.0620. The number of nitrogens with one attached hydrogen (secondary N) is 3. The van der Waals surface area contributed by atoms with Gasteiger partial charge >= 0.3 is 0 Å². The Labute approximate surface area is 149 Å². The summed E-state index contributed by atoms with van der Waals surface area (Å²) in [5.74, 6) is 0.672. The third-order valence-corrected chi connectivity index (χ3v) is 4.04. The zero-order valence-electron chi connectivity index (χ0n) is 12.8. The molecule has 1 aromatic heterocycles. The molecule has 7 heteroatoms. The first-order chi connectivity index (χ1) is 11.6. The lowest BCUT2D eigenvalue weighted by molar-refractivity contribution is -0.121. The lowest BCUT2D eigenvalue weighted by Crippen LogP contribution is -2.25. The largest absolute Gasteiger partial charge is 0.383 e. The van der Waals surface area contributed by atoms with E-state index in [2.05, 4.69) is 20.6 Å². The van der Waals surface area contributed by atoms with Crippen molar-refractivity contribution >= 4 is 45.8 Å². The average Bonchev–Trinajstić information content (AvgIpc) is 2.98. The second-order valence-corrected chi connectivity index (χ2v) is 6.12. The minimum absolute atomic E-state index is 0.0620. The van der Waals surface area contributed by atoms with Crippen LogP contribution in [0.25, 0.3) is 11.0 Å². The fourth-order valence-corrected chi connectivity index (χ4v) is 2.78.